The first-order chi connectivity index (χ1) is 14.6. The number of fused-ring (bicyclic) bond motifs is 1. The van der Waals surface area contributed by atoms with Crippen molar-refractivity contribution in [3.05, 3.63) is 77.3 Å². The van der Waals surface area contributed by atoms with Crippen LogP contribution in [-0.4, -0.2) is 33.2 Å². The van der Waals surface area contributed by atoms with E-state index in [2.05, 4.69) is 32.3 Å². The molecule has 8 heteroatoms. The summed E-state index contributed by atoms with van der Waals surface area (Å²) < 4.78 is 2.08. The molecule has 1 aromatic heterocycles. The van der Waals surface area contributed by atoms with Gasteiger partial charge in [0, 0.05) is 48.2 Å². The average molecular weight is 441 g/mol. The summed E-state index contributed by atoms with van der Waals surface area (Å²) in [5.41, 5.74) is 1.89. The number of benzene rings is 2. The van der Waals surface area contributed by atoms with Crippen LogP contribution in [0, 0.1) is 0 Å². The van der Waals surface area contributed by atoms with Gasteiger partial charge < -0.3 is 15.2 Å². The lowest BCUT2D eigenvalue weighted by Crippen LogP contribution is -2.35. The van der Waals surface area contributed by atoms with Crippen LogP contribution in [0.2, 0.25) is 5.02 Å². The molecule has 6 nitrogen and oxygen atoms in total. The molecular weight excluding hydrogens is 420 g/mol. The van der Waals surface area contributed by atoms with Crippen molar-refractivity contribution in [2.24, 2.45) is 0 Å². The average Bonchev–Trinajstić information content (AvgIpc) is 3.16. The second kappa shape index (κ2) is 9.36. The van der Waals surface area contributed by atoms with E-state index in [1.165, 1.54) is 17.3 Å². The van der Waals surface area contributed by atoms with Crippen LogP contribution in [0.4, 0.5) is 5.69 Å². The Morgan fingerprint density at radius 2 is 2.07 bits per heavy atom. The molecule has 2 heterocycles. The van der Waals surface area contributed by atoms with Crippen molar-refractivity contribution < 1.29 is 9.59 Å². The molecule has 4 rings (SSSR count). The number of rotatable bonds is 7. The van der Waals surface area contributed by atoms with Crippen LogP contribution in [-0.2, 0) is 22.6 Å². The number of halogens is 1. The van der Waals surface area contributed by atoms with Gasteiger partial charge in [-0.3, -0.25) is 9.59 Å². The summed E-state index contributed by atoms with van der Waals surface area (Å²) in [4.78, 5) is 30.0. The quantitative estimate of drug-likeness (QED) is 0.586. The third kappa shape index (κ3) is 5.04. The van der Waals surface area contributed by atoms with Gasteiger partial charge in [0.25, 0.3) is 0 Å². The van der Waals surface area contributed by atoms with Gasteiger partial charge >= 0.3 is 0 Å². The maximum absolute atomic E-state index is 12.4. The molecule has 2 aromatic carbocycles. The number of imidazole rings is 1. The fraction of sp³-hybridized carbons (Fsp3) is 0.227. The molecule has 0 saturated heterocycles. The summed E-state index contributed by atoms with van der Waals surface area (Å²) in [5, 5.41) is 5.84. The Labute approximate surface area is 184 Å². The van der Waals surface area contributed by atoms with Crippen molar-refractivity contribution in [2.45, 2.75) is 29.5 Å². The number of hydrogen-bond donors (Lipinski definition) is 2. The second-order valence-electron chi connectivity index (χ2n) is 7.00. The van der Waals surface area contributed by atoms with Crippen LogP contribution in [0.15, 0.2) is 65.8 Å². The van der Waals surface area contributed by atoms with E-state index in [1.54, 1.807) is 18.3 Å². The Morgan fingerprint density at radius 3 is 2.90 bits per heavy atom. The molecule has 0 saturated carbocycles. The molecule has 0 bridgehead atoms. The van der Waals surface area contributed by atoms with Crippen LogP contribution in [0.1, 0.15) is 17.8 Å². The van der Waals surface area contributed by atoms with Crippen LogP contribution in [0.3, 0.4) is 0 Å². The standard InChI is InChI=1S/C22H21ClN4O2S/c23-16-6-7-18-17(12-16)26-22(29)19(30-18)13-21(28)25-9-8-20-24-10-11-27(20)14-15-4-2-1-3-5-15/h1-7,10-12,19H,8-9,13-14H2,(H,25,28)(H,26,29). The SMILES string of the molecule is O=C(CC1Sc2ccc(Cl)cc2NC1=O)NCCc1nccn1Cc1ccccc1. The lowest BCUT2D eigenvalue weighted by Gasteiger charge is -2.23. The number of carbonyl (C=O) groups is 2. The number of carbonyl (C=O) groups excluding carboxylic acids is 2. The lowest BCUT2D eigenvalue weighted by atomic mass is 10.2. The van der Waals surface area contributed by atoms with Crippen molar-refractivity contribution in [3.8, 4) is 0 Å². The van der Waals surface area contributed by atoms with Gasteiger partial charge in [0.2, 0.25) is 11.8 Å². The first-order valence-corrected chi connectivity index (χ1v) is 10.9. The first-order valence-electron chi connectivity index (χ1n) is 9.66. The van der Waals surface area contributed by atoms with Gasteiger partial charge in [-0.2, -0.15) is 0 Å². The van der Waals surface area contributed by atoms with Crippen molar-refractivity contribution in [3.63, 3.8) is 0 Å². The van der Waals surface area contributed by atoms with E-state index in [9.17, 15) is 9.59 Å². The molecule has 1 atom stereocenters. The normalized spacial score (nSPS) is 15.4. The number of nitrogens with zero attached hydrogens (tertiary/aromatic N) is 2. The molecule has 1 aliphatic heterocycles. The highest BCUT2D eigenvalue weighted by molar-refractivity contribution is 8.01. The lowest BCUT2D eigenvalue weighted by molar-refractivity contribution is -0.124. The van der Waals surface area contributed by atoms with E-state index in [0.717, 1.165) is 17.3 Å². The van der Waals surface area contributed by atoms with E-state index in [4.69, 9.17) is 11.6 Å². The second-order valence-corrected chi connectivity index (χ2v) is 8.68. The van der Waals surface area contributed by atoms with Crippen LogP contribution in [0.25, 0.3) is 0 Å². The minimum atomic E-state index is -0.459. The zero-order chi connectivity index (χ0) is 20.9. The highest BCUT2D eigenvalue weighted by Gasteiger charge is 2.29. The Balaban J connectivity index is 1.27. The molecule has 2 N–H and O–H groups in total. The van der Waals surface area contributed by atoms with Gasteiger partial charge in [-0.25, -0.2) is 4.98 Å². The van der Waals surface area contributed by atoms with Gasteiger partial charge in [-0.05, 0) is 23.8 Å². The number of aromatic nitrogens is 2. The highest BCUT2D eigenvalue weighted by atomic mass is 35.5. The van der Waals surface area contributed by atoms with E-state index in [0.29, 0.717) is 23.7 Å². The van der Waals surface area contributed by atoms with Crippen LogP contribution < -0.4 is 10.6 Å². The largest absolute Gasteiger partial charge is 0.356 e. The topological polar surface area (TPSA) is 76.0 Å². The molecule has 2 amide bonds. The fourth-order valence-corrected chi connectivity index (χ4v) is 4.57. The Hall–Kier alpha value is -2.77. The Kier molecular flexibility index (Phi) is 6.40. The Morgan fingerprint density at radius 1 is 1.23 bits per heavy atom. The first kappa shape index (κ1) is 20.5. The van der Waals surface area contributed by atoms with Gasteiger partial charge in [0.05, 0.1) is 10.9 Å². The molecule has 3 aromatic rings. The number of thioether (sulfide) groups is 1. The number of amides is 2. The minimum Gasteiger partial charge on any atom is -0.356 e. The molecular formula is C22H21ClN4O2S. The predicted molar refractivity (Wildman–Crippen MR) is 119 cm³/mol. The van der Waals surface area contributed by atoms with E-state index in [1.807, 2.05) is 30.5 Å². The number of hydrogen-bond acceptors (Lipinski definition) is 4. The van der Waals surface area contributed by atoms with Crippen molar-refractivity contribution in [1.82, 2.24) is 14.9 Å². The third-order valence-electron chi connectivity index (χ3n) is 4.80. The van der Waals surface area contributed by atoms with Crippen LogP contribution >= 0.6 is 23.4 Å². The van der Waals surface area contributed by atoms with Crippen molar-refractivity contribution in [2.75, 3.05) is 11.9 Å². The molecule has 0 fully saturated rings. The summed E-state index contributed by atoms with van der Waals surface area (Å²) in [5.74, 6) is 0.583. The summed E-state index contributed by atoms with van der Waals surface area (Å²) in [6, 6.07) is 15.5. The van der Waals surface area contributed by atoms with Crippen molar-refractivity contribution in [1.29, 1.82) is 0 Å². The van der Waals surface area contributed by atoms with Gasteiger partial charge in [0.1, 0.15) is 5.82 Å². The van der Waals surface area contributed by atoms with E-state index < -0.39 is 5.25 Å². The minimum absolute atomic E-state index is 0.122. The van der Waals surface area contributed by atoms with E-state index in [-0.39, 0.29) is 18.2 Å². The van der Waals surface area contributed by atoms with Crippen LogP contribution in [0.5, 0.6) is 0 Å². The summed E-state index contributed by atoms with van der Waals surface area (Å²) >= 11 is 7.36. The molecule has 0 aliphatic carbocycles. The zero-order valence-electron chi connectivity index (χ0n) is 16.2. The molecule has 0 radical (unpaired) electrons. The number of nitrogens with one attached hydrogen (secondary N) is 2. The summed E-state index contributed by atoms with van der Waals surface area (Å²) in [7, 11) is 0. The maximum Gasteiger partial charge on any atom is 0.238 e. The highest BCUT2D eigenvalue weighted by Crippen LogP contribution is 2.38. The fourth-order valence-electron chi connectivity index (χ4n) is 3.30. The van der Waals surface area contributed by atoms with E-state index >= 15 is 0 Å². The molecule has 1 aliphatic rings. The van der Waals surface area contributed by atoms with Gasteiger partial charge in [-0.15, -0.1) is 11.8 Å². The molecule has 154 valence electrons. The smallest absolute Gasteiger partial charge is 0.238 e. The van der Waals surface area contributed by atoms with Gasteiger partial charge in [0.15, 0.2) is 0 Å². The molecule has 0 spiro atoms. The summed E-state index contributed by atoms with van der Waals surface area (Å²) in [6.45, 7) is 1.21. The zero-order valence-corrected chi connectivity index (χ0v) is 17.7. The Bertz CT molecular complexity index is 1050. The molecule has 1 unspecified atom stereocenters. The number of anilines is 1. The predicted octanol–water partition coefficient (Wildman–Crippen LogP) is 3.75. The maximum atomic E-state index is 12.4. The molecule has 30 heavy (non-hydrogen) atoms. The third-order valence-corrected chi connectivity index (χ3v) is 6.31. The van der Waals surface area contributed by atoms with Crippen molar-refractivity contribution >= 4 is 40.9 Å². The summed E-state index contributed by atoms with van der Waals surface area (Å²) in [6.07, 6.45) is 4.46. The monoisotopic (exact) mass is 440 g/mol. The van der Waals surface area contributed by atoms with Gasteiger partial charge in [-0.1, -0.05) is 41.9 Å².